The van der Waals surface area contributed by atoms with Crippen LogP contribution in [-0.2, 0) is 0 Å². The Morgan fingerprint density at radius 1 is 1.67 bits per heavy atom. The molecule has 0 amide bonds. The van der Waals surface area contributed by atoms with E-state index in [4.69, 9.17) is 11.8 Å². The van der Waals surface area contributed by atoms with E-state index >= 15 is 0 Å². The number of hydrogen-bond acceptors (Lipinski definition) is 2. The summed E-state index contributed by atoms with van der Waals surface area (Å²) in [5, 5.41) is 0. The summed E-state index contributed by atoms with van der Waals surface area (Å²) >= 11 is 5.16. The second kappa shape index (κ2) is 2.55. The van der Waals surface area contributed by atoms with Crippen molar-refractivity contribution in [2.75, 3.05) is 4.84 Å². The summed E-state index contributed by atoms with van der Waals surface area (Å²) in [6.45, 7) is 0. The first-order valence-corrected chi connectivity index (χ1v) is 2.77. The number of hydrogen-bond donors (Lipinski definition) is 2. The minimum atomic E-state index is -0.215. The largest absolute Gasteiger partial charge is 0.327 e. The van der Waals surface area contributed by atoms with Crippen LogP contribution in [0.5, 0.6) is 0 Å². The zero-order chi connectivity index (χ0) is 6.69. The van der Waals surface area contributed by atoms with Crippen molar-refractivity contribution in [3.8, 4) is 0 Å². The molecule has 0 aromatic carbocycles. The molecule has 4 heteroatoms. The molecule has 0 bridgehead atoms. The SMILES string of the molecule is O=c1[nH]cccc1NCl. The van der Waals surface area contributed by atoms with Crippen LogP contribution in [-0.4, -0.2) is 4.98 Å². The molecule has 0 aliphatic rings. The first-order valence-electron chi connectivity index (χ1n) is 2.39. The number of aromatic amines is 1. The maximum absolute atomic E-state index is 10.6. The lowest BCUT2D eigenvalue weighted by molar-refractivity contribution is 1.24. The molecule has 2 N–H and O–H groups in total. The van der Waals surface area contributed by atoms with Crippen LogP contribution in [0.25, 0.3) is 0 Å². The van der Waals surface area contributed by atoms with Crippen molar-refractivity contribution >= 4 is 17.5 Å². The van der Waals surface area contributed by atoms with Crippen molar-refractivity contribution in [2.45, 2.75) is 0 Å². The summed E-state index contributed by atoms with van der Waals surface area (Å²) in [5.41, 5.74) is 0.145. The van der Waals surface area contributed by atoms with E-state index in [9.17, 15) is 4.79 Å². The average molecular weight is 145 g/mol. The summed E-state index contributed by atoms with van der Waals surface area (Å²) in [4.78, 5) is 15.3. The van der Waals surface area contributed by atoms with E-state index in [1.54, 1.807) is 18.3 Å². The molecule has 0 unspecified atom stereocenters. The van der Waals surface area contributed by atoms with Crippen molar-refractivity contribution in [1.82, 2.24) is 4.98 Å². The monoisotopic (exact) mass is 144 g/mol. The van der Waals surface area contributed by atoms with Crippen molar-refractivity contribution in [2.24, 2.45) is 0 Å². The third-order valence-corrected chi connectivity index (χ3v) is 1.12. The van der Waals surface area contributed by atoms with Crippen molar-refractivity contribution in [3.05, 3.63) is 28.7 Å². The highest BCUT2D eigenvalue weighted by atomic mass is 35.5. The van der Waals surface area contributed by atoms with Crippen LogP contribution in [0.3, 0.4) is 0 Å². The molecule has 0 saturated carbocycles. The minimum absolute atomic E-state index is 0.215. The molecule has 3 nitrogen and oxygen atoms in total. The fourth-order valence-corrected chi connectivity index (χ4v) is 0.645. The molecule has 0 spiro atoms. The molecule has 48 valence electrons. The van der Waals surface area contributed by atoms with Gasteiger partial charge in [0.1, 0.15) is 5.69 Å². The summed E-state index contributed by atoms with van der Waals surface area (Å²) < 4.78 is 0. The molecule has 0 saturated heterocycles. The second-order valence-corrected chi connectivity index (χ2v) is 1.70. The van der Waals surface area contributed by atoms with E-state index in [1.807, 2.05) is 0 Å². The Bertz CT molecular complexity index is 245. The number of pyridine rings is 1. The standard InChI is InChI=1S/C5H5ClN2O/c6-8-4-2-1-3-7-5(4)9/h1-3,8H,(H,7,9). The molecule has 0 aliphatic carbocycles. The van der Waals surface area contributed by atoms with Gasteiger partial charge in [-0.25, -0.2) is 0 Å². The predicted molar refractivity (Wildman–Crippen MR) is 36.5 cm³/mol. The number of nitrogens with one attached hydrogen (secondary N) is 2. The highest BCUT2D eigenvalue weighted by molar-refractivity contribution is 6.23. The Balaban J connectivity index is 3.16. The van der Waals surface area contributed by atoms with Gasteiger partial charge in [-0.05, 0) is 12.1 Å². The first-order chi connectivity index (χ1) is 4.34. The smallest absolute Gasteiger partial charge is 0.272 e. The molecule has 0 aliphatic heterocycles. The van der Waals surface area contributed by atoms with Gasteiger partial charge in [0.25, 0.3) is 5.56 Å². The van der Waals surface area contributed by atoms with Gasteiger partial charge in [0.2, 0.25) is 0 Å². The van der Waals surface area contributed by atoms with E-state index < -0.39 is 0 Å². The van der Waals surface area contributed by atoms with Crippen LogP contribution in [0.2, 0.25) is 0 Å². The topological polar surface area (TPSA) is 44.9 Å². The van der Waals surface area contributed by atoms with Gasteiger partial charge in [0.05, 0.1) is 0 Å². The lowest BCUT2D eigenvalue weighted by Crippen LogP contribution is -2.06. The van der Waals surface area contributed by atoms with E-state index in [0.717, 1.165) is 0 Å². The summed E-state index contributed by atoms with van der Waals surface area (Å²) in [5.74, 6) is 0. The Morgan fingerprint density at radius 2 is 2.44 bits per heavy atom. The van der Waals surface area contributed by atoms with Crippen LogP contribution < -0.4 is 10.4 Å². The fraction of sp³-hybridized carbons (Fsp3) is 0. The second-order valence-electron chi connectivity index (χ2n) is 1.51. The zero-order valence-corrected chi connectivity index (χ0v) is 5.27. The Labute approximate surface area is 56.8 Å². The van der Waals surface area contributed by atoms with E-state index in [-0.39, 0.29) is 5.56 Å². The molecule has 1 aromatic rings. The van der Waals surface area contributed by atoms with Gasteiger partial charge < -0.3 is 4.98 Å². The van der Waals surface area contributed by atoms with Gasteiger partial charge in [-0.2, -0.15) is 0 Å². The number of H-pyrrole nitrogens is 1. The quantitative estimate of drug-likeness (QED) is 0.577. The Hall–Kier alpha value is -0.960. The van der Waals surface area contributed by atoms with Gasteiger partial charge in [-0.1, -0.05) is 0 Å². The van der Waals surface area contributed by atoms with Gasteiger partial charge in [-0.15, -0.1) is 0 Å². The molecule has 1 aromatic heterocycles. The molecule has 1 rings (SSSR count). The number of anilines is 1. The van der Waals surface area contributed by atoms with Gasteiger partial charge in [-0.3, -0.25) is 9.63 Å². The number of halogens is 1. The third-order valence-electron chi connectivity index (χ3n) is 0.920. The first kappa shape index (κ1) is 6.16. The van der Waals surface area contributed by atoms with Crippen LogP contribution in [0.1, 0.15) is 0 Å². The van der Waals surface area contributed by atoms with Crippen LogP contribution in [0.15, 0.2) is 23.1 Å². The Kier molecular flexibility index (Phi) is 1.75. The maximum atomic E-state index is 10.6. The van der Waals surface area contributed by atoms with Crippen molar-refractivity contribution in [1.29, 1.82) is 0 Å². The average Bonchev–Trinajstić information content (AvgIpc) is 1.89. The van der Waals surface area contributed by atoms with Crippen molar-refractivity contribution in [3.63, 3.8) is 0 Å². The Morgan fingerprint density at radius 3 is 2.89 bits per heavy atom. The molecule has 1 heterocycles. The molecule has 0 atom stereocenters. The summed E-state index contributed by atoms with van der Waals surface area (Å²) in [6, 6.07) is 3.28. The molecular formula is C5H5ClN2O. The van der Waals surface area contributed by atoms with Crippen LogP contribution in [0, 0.1) is 0 Å². The highest BCUT2D eigenvalue weighted by Crippen LogP contribution is 1.95. The van der Waals surface area contributed by atoms with E-state index in [2.05, 4.69) is 9.82 Å². The molecular weight excluding hydrogens is 140 g/mol. The van der Waals surface area contributed by atoms with Crippen LogP contribution in [0.4, 0.5) is 5.69 Å². The van der Waals surface area contributed by atoms with E-state index in [1.165, 1.54) is 0 Å². The lowest BCUT2D eigenvalue weighted by Gasteiger charge is -1.90. The summed E-state index contributed by atoms with van der Waals surface area (Å²) in [6.07, 6.45) is 1.54. The minimum Gasteiger partial charge on any atom is -0.327 e. The maximum Gasteiger partial charge on any atom is 0.272 e. The third kappa shape index (κ3) is 1.23. The fourth-order valence-electron chi connectivity index (χ4n) is 0.496. The molecule has 0 radical (unpaired) electrons. The van der Waals surface area contributed by atoms with Crippen molar-refractivity contribution < 1.29 is 0 Å². The predicted octanol–water partition coefficient (Wildman–Crippen LogP) is 0.941. The summed E-state index contributed by atoms with van der Waals surface area (Å²) in [7, 11) is 0. The number of aromatic nitrogens is 1. The molecule has 9 heavy (non-hydrogen) atoms. The van der Waals surface area contributed by atoms with E-state index in [0.29, 0.717) is 5.69 Å². The lowest BCUT2D eigenvalue weighted by atomic mass is 10.4. The van der Waals surface area contributed by atoms with Gasteiger partial charge >= 0.3 is 0 Å². The highest BCUT2D eigenvalue weighted by Gasteiger charge is 1.90. The molecule has 0 fully saturated rings. The zero-order valence-electron chi connectivity index (χ0n) is 4.52. The normalized spacial score (nSPS) is 9.00. The number of rotatable bonds is 1. The van der Waals surface area contributed by atoms with Gasteiger partial charge in [0.15, 0.2) is 0 Å². The van der Waals surface area contributed by atoms with Crippen LogP contribution >= 0.6 is 11.8 Å². The van der Waals surface area contributed by atoms with Gasteiger partial charge in [0, 0.05) is 18.0 Å².